The molecular formula is C42H61N5O7. The van der Waals surface area contributed by atoms with Crippen LogP contribution in [-0.4, -0.2) is 104 Å². The van der Waals surface area contributed by atoms with Crippen LogP contribution in [0.2, 0.25) is 0 Å². The maximum absolute atomic E-state index is 14.1. The lowest BCUT2D eigenvalue weighted by Gasteiger charge is -2.28. The Morgan fingerprint density at radius 3 is 1.81 bits per heavy atom. The SMILES string of the molecule is CC(C)C[C@H](NC(=O)[C@H](CCc1ccccc1)NC(=O)CCCN1CCOCC1)C(=O)N[C@@H](Cc1ccccc1)C(=O)N[C@@H](CC(C)C)C(=O)[C@]1(C)CO1. The summed E-state index contributed by atoms with van der Waals surface area (Å²) < 4.78 is 10.8. The Hall–Kier alpha value is -4.13. The van der Waals surface area contributed by atoms with Crippen molar-refractivity contribution in [2.45, 2.75) is 109 Å². The zero-order valence-electron chi connectivity index (χ0n) is 32.7. The molecule has 4 N–H and O–H groups in total. The predicted molar refractivity (Wildman–Crippen MR) is 207 cm³/mol. The van der Waals surface area contributed by atoms with Crippen LogP contribution in [0.4, 0.5) is 0 Å². The number of benzene rings is 2. The second kappa shape index (κ2) is 21.1. The number of ketones is 1. The first-order chi connectivity index (χ1) is 25.8. The molecule has 0 aromatic heterocycles. The van der Waals surface area contributed by atoms with Crippen molar-refractivity contribution in [3.05, 3.63) is 71.8 Å². The molecule has 2 aliphatic heterocycles. The highest BCUT2D eigenvalue weighted by molar-refractivity contribution is 5.98. The first kappa shape index (κ1) is 42.6. The maximum atomic E-state index is 14.1. The van der Waals surface area contributed by atoms with E-state index in [0.29, 0.717) is 51.9 Å². The van der Waals surface area contributed by atoms with Gasteiger partial charge in [-0.05, 0) is 68.5 Å². The Morgan fingerprint density at radius 2 is 1.22 bits per heavy atom. The van der Waals surface area contributed by atoms with Gasteiger partial charge in [0.1, 0.15) is 23.7 Å². The molecule has 2 fully saturated rings. The Kier molecular flexibility index (Phi) is 16.6. The zero-order chi connectivity index (χ0) is 39.1. The molecule has 0 radical (unpaired) electrons. The molecule has 296 valence electrons. The van der Waals surface area contributed by atoms with Crippen molar-refractivity contribution in [1.82, 2.24) is 26.2 Å². The van der Waals surface area contributed by atoms with Crippen molar-refractivity contribution in [2.24, 2.45) is 11.8 Å². The molecule has 2 aromatic rings. The van der Waals surface area contributed by atoms with Gasteiger partial charge in [-0.15, -0.1) is 0 Å². The highest BCUT2D eigenvalue weighted by Crippen LogP contribution is 2.29. The summed E-state index contributed by atoms with van der Waals surface area (Å²) >= 11 is 0. The highest BCUT2D eigenvalue weighted by atomic mass is 16.6. The lowest BCUT2D eigenvalue weighted by atomic mass is 9.93. The van der Waals surface area contributed by atoms with Gasteiger partial charge in [-0.2, -0.15) is 0 Å². The summed E-state index contributed by atoms with van der Waals surface area (Å²) in [7, 11) is 0. The Balaban J connectivity index is 1.48. The topological polar surface area (TPSA) is 158 Å². The molecule has 0 aliphatic carbocycles. The summed E-state index contributed by atoms with van der Waals surface area (Å²) in [4.78, 5) is 70.9. The number of morpholine rings is 1. The van der Waals surface area contributed by atoms with Crippen molar-refractivity contribution in [3.8, 4) is 0 Å². The van der Waals surface area contributed by atoms with Gasteiger partial charge >= 0.3 is 0 Å². The normalized spacial score (nSPS) is 19.3. The summed E-state index contributed by atoms with van der Waals surface area (Å²) in [6.45, 7) is 13.7. The Morgan fingerprint density at radius 1 is 0.704 bits per heavy atom. The zero-order valence-corrected chi connectivity index (χ0v) is 32.7. The van der Waals surface area contributed by atoms with Crippen molar-refractivity contribution < 1.29 is 33.4 Å². The van der Waals surface area contributed by atoms with E-state index >= 15 is 0 Å². The molecule has 0 unspecified atom stereocenters. The highest BCUT2D eigenvalue weighted by Gasteiger charge is 2.50. The van der Waals surface area contributed by atoms with E-state index in [2.05, 4.69) is 26.2 Å². The summed E-state index contributed by atoms with van der Waals surface area (Å²) in [5.74, 6) is -1.74. The summed E-state index contributed by atoms with van der Waals surface area (Å²) in [5.41, 5.74) is 0.927. The van der Waals surface area contributed by atoms with Crippen LogP contribution in [0.25, 0.3) is 0 Å². The molecule has 0 spiro atoms. The molecular weight excluding hydrogens is 686 g/mol. The third kappa shape index (κ3) is 14.3. The minimum Gasteiger partial charge on any atom is -0.379 e. The van der Waals surface area contributed by atoms with E-state index in [0.717, 1.165) is 30.8 Å². The molecule has 4 amide bonds. The lowest BCUT2D eigenvalue weighted by Crippen LogP contribution is -2.59. The van der Waals surface area contributed by atoms with Gasteiger partial charge in [0.25, 0.3) is 0 Å². The molecule has 2 aliphatic rings. The number of hydrogen-bond donors (Lipinski definition) is 4. The molecule has 4 rings (SSSR count). The van der Waals surface area contributed by atoms with Crippen molar-refractivity contribution in [2.75, 3.05) is 39.5 Å². The summed E-state index contributed by atoms with van der Waals surface area (Å²) in [6, 6.07) is 15.4. The number of carbonyl (C=O) groups is 5. The molecule has 12 heteroatoms. The minimum atomic E-state index is -1.03. The average Bonchev–Trinajstić information content (AvgIpc) is 3.91. The van der Waals surface area contributed by atoms with Crippen LogP contribution in [0.1, 0.15) is 77.8 Å². The fourth-order valence-corrected chi connectivity index (χ4v) is 6.68. The molecule has 54 heavy (non-hydrogen) atoms. The third-order valence-electron chi connectivity index (χ3n) is 9.89. The number of Topliss-reactive ketones (excluding diaryl/α,β-unsaturated/α-hetero) is 1. The fraction of sp³-hybridized carbons (Fsp3) is 0.595. The first-order valence-corrected chi connectivity index (χ1v) is 19.6. The van der Waals surface area contributed by atoms with E-state index in [1.165, 1.54) is 0 Å². The first-order valence-electron chi connectivity index (χ1n) is 19.6. The number of amides is 4. The van der Waals surface area contributed by atoms with E-state index in [1.807, 2.05) is 88.4 Å². The lowest BCUT2D eigenvalue weighted by molar-refractivity contribution is -0.135. The predicted octanol–water partition coefficient (Wildman–Crippen LogP) is 3.36. The molecule has 0 saturated carbocycles. The van der Waals surface area contributed by atoms with Gasteiger partial charge in [0.2, 0.25) is 23.6 Å². The van der Waals surface area contributed by atoms with Gasteiger partial charge < -0.3 is 30.7 Å². The number of nitrogens with one attached hydrogen (secondary N) is 4. The van der Waals surface area contributed by atoms with E-state index in [4.69, 9.17) is 9.47 Å². The number of aryl methyl sites for hydroxylation is 1. The van der Waals surface area contributed by atoms with Gasteiger partial charge in [-0.25, -0.2) is 0 Å². The van der Waals surface area contributed by atoms with Crippen LogP contribution in [0.15, 0.2) is 60.7 Å². The summed E-state index contributed by atoms with van der Waals surface area (Å²) in [6.07, 6.45) is 2.71. The quantitative estimate of drug-likeness (QED) is 0.134. The third-order valence-corrected chi connectivity index (χ3v) is 9.89. The summed E-state index contributed by atoms with van der Waals surface area (Å²) in [5, 5.41) is 11.7. The monoisotopic (exact) mass is 747 g/mol. The number of rotatable bonds is 22. The number of carbonyl (C=O) groups excluding carboxylic acids is 5. The van der Waals surface area contributed by atoms with Crippen LogP contribution in [0.5, 0.6) is 0 Å². The Labute approximate surface area is 320 Å². The van der Waals surface area contributed by atoms with Gasteiger partial charge in [0, 0.05) is 25.9 Å². The van der Waals surface area contributed by atoms with E-state index < -0.39 is 47.5 Å². The minimum absolute atomic E-state index is 0.0207. The number of hydrogen-bond acceptors (Lipinski definition) is 8. The van der Waals surface area contributed by atoms with Crippen LogP contribution >= 0.6 is 0 Å². The Bertz CT molecular complexity index is 1510. The van der Waals surface area contributed by atoms with E-state index in [9.17, 15) is 24.0 Å². The van der Waals surface area contributed by atoms with Gasteiger partial charge in [-0.1, -0.05) is 88.4 Å². The van der Waals surface area contributed by atoms with Crippen molar-refractivity contribution >= 4 is 29.4 Å². The van der Waals surface area contributed by atoms with Crippen LogP contribution in [-0.2, 0) is 46.3 Å². The maximum Gasteiger partial charge on any atom is 0.243 e. The van der Waals surface area contributed by atoms with Crippen LogP contribution in [0.3, 0.4) is 0 Å². The second-order valence-corrected chi connectivity index (χ2v) is 15.7. The molecule has 0 bridgehead atoms. The molecule has 5 atom stereocenters. The standard InChI is InChI=1S/C42H61N5O7/c1-29(2)25-34(38(49)42(5)28-54-42)44-41(52)36(27-32-15-10-7-11-16-32)46-40(51)35(26-30(3)4)45-39(50)33(19-18-31-13-8-6-9-14-31)43-37(48)17-12-20-47-21-23-53-24-22-47/h6-11,13-16,29-30,33-36H,12,17-28H2,1-5H3,(H,43,48)(H,44,52)(H,45,50)(H,46,51)/t33-,34-,35-,36-,42-/m0/s1. The smallest absolute Gasteiger partial charge is 0.243 e. The second-order valence-electron chi connectivity index (χ2n) is 15.7. The largest absolute Gasteiger partial charge is 0.379 e. The molecule has 2 aromatic carbocycles. The van der Waals surface area contributed by atoms with Crippen molar-refractivity contribution in [1.29, 1.82) is 0 Å². The van der Waals surface area contributed by atoms with Gasteiger partial charge in [0.15, 0.2) is 5.78 Å². The van der Waals surface area contributed by atoms with Gasteiger partial charge in [-0.3, -0.25) is 28.9 Å². The molecule has 12 nitrogen and oxygen atoms in total. The molecule has 2 heterocycles. The number of ether oxygens (including phenoxy) is 2. The fourth-order valence-electron chi connectivity index (χ4n) is 6.68. The van der Waals surface area contributed by atoms with E-state index in [1.54, 1.807) is 6.92 Å². The number of epoxide rings is 1. The van der Waals surface area contributed by atoms with E-state index in [-0.39, 0.29) is 36.4 Å². The van der Waals surface area contributed by atoms with Crippen LogP contribution < -0.4 is 21.3 Å². The van der Waals surface area contributed by atoms with Gasteiger partial charge in [0.05, 0.1) is 25.9 Å². The van der Waals surface area contributed by atoms with Crippen molar-refractivity contribution in [3.63, 3.8) is 0 Å². The average molecular weight is 748 g/mol. The van der Waals surface area contributed by atoms with Crippen LogP contribution in [0, 0.1) is 11.8 Å². The number of nitrogens with zero attached hydrogens (tertiary/aromatic N) is 1. The molecule has 2 saturated heterocycles.